The number of aromatic amines is 1. The topological polar surface area (TPSA) is 65.2 Å². The summed E-state index contributed by atoms with van der Waals surface area (Å²) in [6, 6.07) is 3.17. The lowest BCUT2D eigenvalue weighted by molar-refractivity contribution is 0.0924. The average molecular weight is 317 g/mol. The van der Waals surface area contributed by atoms with Gasteiger partial charge in [-0.15, -0.1) is 0 Å². The van der Waals surface area contributed by atoms with Crippen molar-refractivity contribution < 1.29 is 4.79 Å². The van der Waals surface area contributed by atoms with Crippen molar-refractivity contribution in [1.82, 2.24) is 15.2 Å². The molecule has 5 heteroatoms. The highest BCUT2D eigenvalue weighted by Crippen LogP contribution is 2.31. The van der Waals surface area contributed by atoms with Crippen LogP contribution in [0.1, 0.15) is 43.5 Å². The molecule has 0 aromatic carbocycles. The van der Waals surface area contributed by atoms with Gasteiger partial charge in [0.15, 0.2) is 0 Å². The van der Waals surface area contributed by atoms with E-state index in [0.29, 0.717) is 17.4 Å². The molecule has 1 saturated heterocycles. The van der Waals surface area contributed by atoms with E-state index in [1.165, 1.54) is 38.1 Å². The lowest BCUT2D eigenvalue weighted by Crippen LogP contribution is -2.42. The Kier molecular flexibility index (Phi) is 4.85. The van der Waals surface area contributed by atoms with Gasteiger partial charge in [-0.1, -0.05) is 20.3 Å². The molecule has 1 saturated carbocycles. The maximum Gasteiger partial charge on any atom is 0.253 e. The van der Waals surface area contributed by atoms with Gasteiger partial charge in [-0.2, -0.15) is 0 Å². The summed E-state index contributed by atoms with van der Waals surface area (Å²) in [5.74, 6) is 1.79. The molecule has 2 aliphatic rings. The van der Waals surface area contributed by atoms with Crippen molar-refractivity contribution in [3.63, 3.8) is 0 Å². The summed E-state index contributed by atoms with van der Waals surface area (Å²) in [6.07, 6.45) is 5.58. The molecule has 2 fully saturated rings. The normalized spacial score (nSPS) is 25.5. The van der Waals surface area contributed by atoms with Crippen LogP contribution in [0.2, 0.25) is 0 Å². The van der Waals surface area contributed by atoms with Crippen LogP contribution < -0.4 is 10.9 Å². The number of H-pyrrole nitrogens is 1. The van der Waals surface area contributed by atoms with Crippen LogP contribution in [0, 0.1) is 17.8 Å². The third kappa shape index (κ3) is 3.83. The fourth-order valence-electron chi connectivity index (χ4n) is 3.73. The van der Waals surface area contributed by atoms with Gasteiger partial charge >= 0.3 is 0 Å². The van der Waals surface area contributed by atoms with Crippen molar-refractivity contribution in [2.45, 2.75) is 39.2 Å². The molecule has 0 spiro atoms. The summed E-state index contributed by atoms with van der Waals surface area (Å²) in [6.45, 7) is 7.65. The molecule has 1 aromatic rings. The van der Waals surface area contributed by atoms with Crippen LogP contribution in [0.15, 0.2) is 23.1 Å². The summed E-state index contributed by atoms with van der Waals surface area (Å²) in [4.78, 5) is 28.6. The minimum Gasteiger partial charge on any atom is -0.348 e. The molecule has 3 rings (SSSR count). The predicted octanol–water partition coefficient (Wildman–Crippen LogP) is 1.86. The average Bonchev–Trinajstić information content (AvgIpc) is 2.86. The Bertz CT molecular complexity index is 586. The molecule has 0 bridgehead atoms. The van der Waals surface area contributed by atoms with Crippen LogP contribution in [0.25, 0.3) is 0 Å². The number of carbonyl (C=O) groups excluding carboxylic acids is 1. The molecule has 5 nitrogen and oxygen atoms in total. The van der Waals surface area contributed by atoms with Gasteiger partial charge in [-0.05, 0) is 36.7 Å². The number of nitrogens with one attached hydrogen (secondary N) is 2. The van der Waals surface area contributed by atoms with E-state index in [4.69, 9.17) is 0 Å². The molecule has 0 radical (unpaired) electrons. The van der Waals surface area contributed by atoms with E-state index in [1.54, 1.807) is 6.07 Å². The van der Waals surface area contributed by atoms with E-state index in [-0.39, 0.29) is 17.5 Å². The summed E-state index contributed by atoms with van der Waals surface area (Å²) >= 11 is 0. The SMILES string of the molecule is CC(C)[C@@H]1CN(CC2CCC2)C[C@H]1NC(=O)c1ccc(=O)[nH]c1. The van der Waals surface area contributed by atoms with Gasteiger partial charge < -0.3 is 15.2 Å². The van der Waals surface area contributed by atoms with Crippen molar-refractivity contribution in [1.29, 1.82) is 0 Å². The first-order valence-corrected chi connectivity index (χ1v) is 8.75. The highest BCUT2D eigenvalue weighted by Gasteiger charge is 2.36. The van der Waals surface area contributed by atoms with Crippen LogP contribution in [-0.2, 0) is 0 Å². The van der Waals surface area contributed by atoms with E-state index < -0.39 is 0 Å². The Morgan fingerprint density at radius 2 is 2.13 bits per heavy atom. The number of nitrogens with zero attached hydrogens (tertiary/aromatic N) is 1. The lowest BCUT2D eigenvalue weighted by Gasteiger charge is -2.30. The zero-order chi connectivity index (χ0) is 16.4. The monoisotopic (exact) mass is 317 g/mol. The van der Waals surface area contributed by atoms with Crippen LogP contribution in [0.4, 0.5) is 0 Å². The van der Waals surface area contributed by atoms with Crippen LogP contribution in [-0.4, -0.2) is 41.5 Å². The minimum absolute atomic E-state index is 0.0950. The molecule has 2 N–H and O–H groups in total. The smallest absolute Gasteiger partial charge is 0.253 e. The number of hydrogen-bond donors (Lipinski definition) is 2. The largest absolute Gasteiger partial charge is 0.348 e. The summed E-state index contributed by atoms with van der Waals surface area (Å²) < 4.78 is 0. The van der Waals surface area contributed by atoms with Gasteiger partial charge in [0.05, 0.1) is 5.56 Å². The zero-order valence-corrected chi connectivity index (χ0v) is 14.0. The van der Waals surface area contributed by atoms with Gasteiger partial charge in [0.25, 0.3) is 5.91 Å². The maximum atomic E-state index is 12.4. The Balaban J connectivity index is 1.62. The first-order valence-electron chi connectivity index (χ1n) is 8.75. The lowest BCUT2D eigenvalue weighted by atomic mass is 9.85. The number of likely N-dealkylation sites (tertiary alicyclic amines) is 1. The van der Waals surface area contributed by atoms with Gasteiger partial charge in [0.1, 0.15) is 0 Å². The molecule has 1 amide bonds. The Morgan fingerprint density at radius 1 is 1.35 bits per heavy atom. The second-order valence-corrected chi connectivity index (χ2v) is 7.44. The highest BCUT2D eigenvalue weighted by atomic mass is 16.2. The van der Waals surface area contributed by atoms with Crippen molar-refractivity contribution >= 4 is 5.91 Å². The van der Waals surface area contributed by atoms with Crippen molar-refractivity contribution in [2.24, 2.45) is 17.8 Å². The van der Waals surface area contributed by atoms with Gasteiger partial charge in [0.2, 0.25) is 5.56 Å². The number of hydrogen-bond acceptors (Lipinski definition) is 3. The van der Waals surface area contributed by atoms with Crippen molar-refractivity contribution in [2.75, 3.05) is 19.6 Å². The van der Waals surface area contributed by atoms with E-state index in [2.05, 4.69) is 29.0 Å². The zero-order valence-electron chi connectivity index (χ0n) is 14.0. The molecule has 1 aliphatic heterocycles. The van der Waals surface area contributed by atoms with Gasteiger partial charge in [0, 0.05) is 37.9 Å². The molecule has 2 atom stereocenters. The van der Waals surface area contributed by atoms with Crippen LogP contribution >= 0.6 is 0 Å². The fraction of sp³-hybridized carbons (Fsp3) is 0.667. The third-order valence-electron chi connectivity index (χ3n) is 5.40. The summed E-state index contributed by atoms with van der Waals surface area (Å²) in [5.41, 5.74) is 0.332. The standard InChI is InChI=1S/C18H27N3O2/c1-12(2)15-10-21(9-13-4-3-5-13)11-16(15)20-18(23)14-6-7-17(22)19-8-14/h6-8,12-13,15-16H,3-5,9-11H2,1-2H3,(H,19,22)(H,20,23)/t15-,16+/m0/s1. The number of rotatable bonds is 5. The molecule has 1 aromatic heterocycles. The van der Waals surface area contributed by atoms with E-state index >= 15 is 0 Å². The van der Waals surface area contributed by atoms with Crippen LogP contribution in [0.3, 0.4) is 0 Å². The first-order chi connectivity index (χ1) is 11.0. The fourth-order valence-corrected chi connectivity index (χ4v) is 3.73. The second-order valence-electron chi connectivity index (χ2n) is 7.44. The Labute approximate surface area is 137 Å². The third-order valence-corrected chi connectivity index (χ3v) is 5.40. The maximum absolute atomic E-state index is 12.4. The van der Waals surface area contributed by atoms with Crippen LogP contribution in [0.5, 0.6) is 0 Å². The molecular formula is C18H27N3O2. The summed E-state index contributed by atoms with van der Waals surface area (Å²) in [5, 5.41) is 3.18. The van der Waals surface area contributed by atoms with E-state index in [1.807, 2.05) is 0 Å². The first kappa shape index (κ1) is 16.2. The Hall–Kier alpha value is -1.62. The molecule has 2 heterocycles. The quantitative estimate of drug-likeness (QED) is 0.871. The molecule has 1 aliphatic carbocycles. The van der Waals surface area contributed by atoms with E-state index in [0.717, 1.165) is 19.0 Å². The Morgan fingerprint density at radius 3 is 2.70 bits per heavy atom. The number of amides is 1. The molecular weight excluding hydrogens is 290 g/mol. The number of aromatic nitrogens is 1. The highest BCUT2D eigenvalue weighted by molar-refractivity contribution is 5.94. The van der Waals surface area contributed by atoms with Gasteiger partial charge in [-0.3, -0.25) is 9.59 Å². The molecule has 23 heavy (non-hydrogen) atoms. The minimum atomic E-state index is -0.186. The van der Waals surface area contributed by atoms with Crippen molar-refractivity contribution in [3.05, 3.63) is 34.2 Å². The molecule has 0 unspecified atom stereocenters. The van der Waals surface area contributed by atoms with Crippen molar-refractivity contribution in [3.8, 4) is 0 Å². The molecule has 126 valence electrons. The predicted molar refractivity (Wildman–Crippen MR) is 90.4 cm³/mol. The summed E-state index contributed by atoms with van der Waals surface area (Å²) in [7, 11) is 0. The van der Waals surface area contributed by atoms with Gasteiger partial charge in [-0.25, -0.2) is 0 Å². The number of pyridine rings is 1. The number of carbonyl (C=O) groups is 1. The second kappa shape index (κ2) is 6.87. The van der Waals surface area contributed by atoms with E-state index in [9.17, 15) is 9.59 Å².